The molecule has 1 fully saturated rings. The number of ether oxygens (including phenoxy) is 2. The van der Waals surface area contributed by atoms with E-state index in [1.165, 1.54) is 5.56 Å². The SMILES string of the molecule is Clc1cc2c(cc1C1CCNCC1)OCCCO2. The molecule has 2 aliphatic heterocycles. The van der Waals surface area contributed by atoms with Gasteiger partial charge < -0.3 is 14.8 Å². The Morgan fingerprint density at radius 1 is 1.06 bits per heavy atom. The Kier molecular flexibility index (Phi) is 3.62. The van der Waals surface area contributed by atoms with E-state index in [9.17, 15) is 0 Å². The van der Waals surface area contributed by atoms with Crippen LogP contribution in [0.25, 0.3) is 0 Å². The van der Waals surface area contributed by atoms with Crippen LogP contribution in [0.5, 0.6) is 11.5 Å². The van der Waals surface area contributed by atoms with Gasteiger partial charge in [0, 0.05) is 17.5 Å². The van der Waals surface area contributed by atoms with E-state index in [-0.39, 0.29) is 0 Å². The smallest absolute Gasteiger partial charge is 0.162 e. The van der Waals surface area contributed by atoms with Gasteiger partial charge in [0.1, 0.15) is 0 Å². The highest BCUT2D eigenvalue weighted by Crippen LogP contribution is 2.40. The van der Waals surface area contributed by atoms with Gasteiger partial charge in [-0.3, -0.25) is 0 Å². The Hall–Kier alpha value is -0.930. The van der Waals surface area contributed by atoms with Crippen LogP contribution in [0.15, 0.2) is 12.1 Å². The molecule has 98 valence electrons. The van der Waals surface area contributed by atoms with Gasteiger partial charge in [-0.05, 0) is 43.5 Å². The van der Waals surface area contributed by atoms with Crippen LogP contribution >= 0.6 is 11.6 Å². The summed E-state index contributed by atoms with van der Waals surface area (Å²) < 4.78 is 11.4. The maximum atomic E-state index is 6.39. The Labute approximate surface area is 112 Å². The summed E-state index contributed by atoms with van der Waals surface area (Å²) in [7, 11) is 0. The monoisotopic (exact) mass is 267 g/mol. The molecule has 1 aromatic carbocycles. The summed E-state index contributed by atoms with van der Waals surface area (Å²) in [5.74, 6) is 2.18. The molecule has 1 aromatic rings. The predicted molar refractivity (Wildman–Crippen MR) is 71.9 cm³/mol. The van der Waals surface area contributed by atoms with Crippen LogP contribution in [-0.2, 0) is 0 Å². The van der Waals surface area contributed by atoms with Gasteiger partial charge in [-0.25, -0.2) is 0 Å². The highest BCUT2D eigenvalue weighted by atomic mass is 35.5. The quantitative estimate of drug-likeness (QED) is 0.849. The van der Waals surface area contributed by atoms with E-state index in [1.54, 1.807) is 0 Å². The third-order valence-electron chi connectivity index (χ3n) is 3.65. The van der Waals surface area contributed by atoms with E-state index in [1.807, 2.05) is 6.07 Å². The van der Waals surface area contributed by atoms with E-state index < -0.39 is 0 Å². The van der Waals surface area contributed by atoms with Gasteiger partial charge >= 0.3 is 0 Å². The van der Waals surface area contributed by atoms with Crippen LogP contribution in [0.3, 0.4) is 0 Å². The number of benzene rings is 1. The fraction of sp³-hybridized carbons (Fsp3) is 0.571. The lowest BCUT2D eigenvalue weighted by atomic mass is 9.90. The van der Waals surface area contributed by atoms with Gasteiger partial charge in [0.15, 0.2) is 11.5 Å². The molecule has 2 aliphatic rings. The minimum Gasteiger partial charge on any atom is -0.490 e. The molecule has 3 rings (SSSR count). The Morgan fingerprint density at radius 2 is 1.72 bits per heavy atom. The van der Waals surface area contributed by atoms with E-state index in [0.29, 0.717) is 12.5 Å². The lowest BCUT2D eigenvalue weighted by molar-refractivity contribution is 0.297. The van der Waals surface area contributed by atoms with Gasteiger partial charge in [-0.2, -0.15) is 0 Å². The van der Waals surface area contributed by atoms with Crippen LogP contribution < -0.4 is 14.8 Å². The molecule has 0 aliphatic carbocycles. The van der Waals surface area contributed by atoms with Gasteiger partial charge in [0.2, 0.25) is 0 Å². The number of rotatable bonds is 1. The largest absolute Gasteiger partial charge is 0.490 e. The van der Waals surface area contributed by atoms with Crippen LogP contribution in [-0.4, -0.2) is 26.3 Å². The van der Waals surface area contributed by atoms with Crippen molar-refractivity contribution < 1.29 is 9.47 Å². The molecular formula is C14H18ClNO2. The average Bonchev–Trinajstić information content (AvgIpc) is 2.63. The molecule has 1 saturated heterocycles. The van der Waals surface area contributed by atoms with Crippen molar-refractivity contribution in [2.75, 3.05) is 26.3 Å². The van der Waals surface area contributed by atoms with E-state index >= 15 is 0 Å². The Bertz CT molecular complexity index is 430. The zero-order chi connectivity index (χ0) is 12.4. The molecule has 0 unspecified atom stereocenters. The summed E-state index contributed by atoms with van der Waals surface area (Å²) in [4.78, 5) is 0. The van der Waals surface area contributed by atoms with E-state index in [4.69, 9.17) is 21.1 Å². The molecule has 0 amide bonds. The highest BCUT2D eigenvalue weighted by molar-refractivity contribution is 6.31. The zero-order valence-electron chi connectivity index (χ0n) is 10.4. The molecular weight excluding hydrogens is 250 g/mol. The zero-order valence-corrected chi connectivity index (χ0v) is 11.1. The van der Waals surface area contributed by atoms with Gasteiger partial charge in [-0.1, -0.05) is 11.6 Å². The lowest BCUT2D eigenvalue weighted by Gasteiger charge is -2.24. The summed E-state index contributed by atoms with van der Waals surface area (Å²) >= 11 is 6.39. The summed E-state index contributed by atoms with van der Waals surface area (Å²) in [5.41, 5.74) is 1.21. The highest BCUT2D eigenvalue weighted by Gasteiger charge is 2.21. The van der Waals surface area contributed by atoms with Gasteiger partial charge in [0.05, 0.1) is 13.2 Å². The van der Waals surface area contributed by atoms with Crippen LogP contribution in [0.1, 0.15) is 30.7 Å². The lowest BCUT2D eigenvalue weighted by Crippen LogP contribution is -2.26. The predicted octanol–water partition coefficient (Wildman–Crippen LogP) is 2.97. The Balaban J connectivity index is 1.92. The molecule has 0 bridgehead atoms. The first-order valence-electron chi connectivity index (χ1n) is 6.64. The molecule has 3 nitrogen and oxygen atoms in total. The molecule has 1 N–H and O–H groups in total. The second-order valence-electron chi connectivity index (χ2n) is 4.90. The summed E-state index contributed by atoms with van der Waals surface area (Å²) in [6.45, 7) is 3.56. The molecule has 0 atom stereocenters. The normalized spacial score (nSPS) is 20.5. The molecule has 4 heteroatoms. The maximum absolute atomic E-state index is 6.39. The van der Waals surface area contributed by atoms with Crippen LogP contribution in [0.4, 0.5) is 0 Å². The fourth-order valence-corrected chi connectivity index (χ4v) is 2.95. The molecule has 0 spiro atoms. The number of halogens is 1. The second kappa shape index (κ2) is 5.37. The summed E-state index contributed by atoms with van der Waals surface area (Å²) in [6, 6.07) is 4.00. The second-order valence-corrected chi connectivity index (χ2v) is 5.30. The van der Waals surface area contributed by atoms with Crippen molar-refractivity contribution in [1.29, 1.82) is 0 Å². The number of hydrogen-bond acceptors (Lipinski definition) is 3. The average molecular weight is 268 g/mol. The van der Waals surface area contributed by atoms with E-state index in [0.717, 1.165) is 55.5 Å². The molecule has 2 heterocycles. The molecule has 0 aromatic heterocycles. The number of hydrogen-bond donors (Lipinski definition) is 1. The van der Waals surface area contributed by atoms with Crippen molar-refractivity contribution in [2.45, 2.75) is 25.2 Å². The van der Waals surface area contributed by atoms with Crippen molar-refractivity contribution in [2.24, 2.45) is 0 Å². The van der Waals surface area contributed by atoms with Gasteiger partial charge in [-0.15, -0.1) is 0 Å². The standard InChI is InChI=1S/C14H18ClNO2/c15-12-9-14-13(17-6-1-7-18-14)8-11(12)10-2-4-16-5-3-10/h8-10,16H,1-7H2. The van der Waals surface area contributed by atoms with Crippen molar-refractivity contribution in [3.63, 3.8) is 0 Å². The minimum absolute atomic E-state index is 0.538. The van der Waals surface area contributed by atoms with Crippen LogP contribution in [0, 0.1) is 0 Å². The van der Waals surface area contributed by atoms with Crippen molar-refractivity contribution in [1.82, 2.24) is 5.32 Å². The number of piperidine rings is 1. The molecule has 0 radical (unpaired) electrons. The molecule has 18 heavy (non-hydrogen) atoms. The van der Waals surface area contributed by atoms with Crippen molar-refractivity contribution >= 4 is 11.6 Å². The van der Waals surface area contributed by atoms with Gasteiger partial charge in [0.25, 0.3) is 0 Å². The van der Waals surface area contributed by atoms with Crippen molar-refractivity contribution in [3.05, 3.63) is 22.7 Å². The topological polar surface area (TPSA) is 30.5 Å². The summed E-state index contributed by atoms with van der Waals surface area (Å²) in [6.07, 6.45) is 3.20. The first-order chi connectivity index (χ1) is 8.84. The third-order valence-corrected chi connectivity index (χ3v) is 3.97. The number of nitrogens with one attached hydrogen (secondary N) is 1. The Morgan fingerprint density at radius 3 is 2.44 bits per heavy atom. The first-order valence-corrected chi connectivity index (χ1v) is 7.02. The minimum atomic E-state index is 0.538. The number of fused-ring (bicyclic) bond motifs is 1. The van der Waals surface area contributed by atoms with Crippen molar-refractivity contribution in [3.8, 4) is 11.5 Å². The first kappa shape index (κ1) is 12.1. The summed E-state index contributed by atoms with van der Waals surface area (Å²) in [5, 5.41) is 4.19. The third kappa shape index (κ3) is 2.43. The molecule has 0 saturated carbocycles. The fourth-order valence-electron chi connectivity index (χ4n) is 2.65. The van der Waals surface area contributed by atoms with E-state index in [2.05, 4.69) is 11.4 Å². The maximum Gasteiger partial charge on any atom is 0.162 e. The van der Waals surface area contributed by atoms with Crippen LogP contribution in [0.2, 0.25) is 5.02 Å².